The molecule has 7 heteroatoms. The number of rotatable bonds is 11. The fourth-order valence-electron chi connectivity index (χ4n) is 3.91. The molecule has 0 atom stereocenters. The molecule has 0 aliphatic carbocycles. The fourth-order valence-corrected chi connectivity index (χ4v) is 7.32. The Morgan fingerprint density at radius 2 is 1.37 bits per heavy atom. The van der Waals surface area contributed by atoms with Gasteiger partial charge in [0.15, 0.2) is 0 Å². The van der Waals surface area contributed by atoms with Crippen LogP contribution in [0.5, 0.6) is 0 Å². The molecule has 3 nitrogen and oxygen atoms in total. The van der Waals surface area contributed by atoms with Crippen LogP contribution in [0.15, 0.2) is 54.9 Å². The van der Waals surface area contributed by atoms with Crippen molar-refractivity contribution in [2.24, 2.45) is 0 Å². The van der Waals surface area contributed by atoms with Crippen LogP contribution >= 0.6 is 34.0 Å². The van der Waals surface area contributed by atoms with Crippen LogP contribution in [0.3, 0.4) is 0 Å². The zero-order chi connectivity index (χ0) is 23.8. The summed E-state index contributed by atoms with van der Waals surface area (Å²) in [5, 5.41) is 18.8. The molecule has 4 aromatic heterocycles. The topological polar surface area (TPSA) is 60.5 Å². The first-order valence-corrected chi connectivity index (χ1v) is 14.1. The third-order valence-electron chi connectivity index (χ3n) is 5.72. The Morgan fingerprint density at radius 1 is 0.771 bits per heavy atom. The van der Waals surface area contributed by atoms with Gasteiger partial charge in [-0.3, -0.25) is 4.98 Å². The van der Waals surface area contributed by atoms with Crippen molar-refractivity contribution in [1.82, 2.24) is 4.98 Å². The average molecular weight is 524 g/mol. The summed E-state index contributed by atoms with van der Waals surface area (Å²) in [5.41, 5.74) is 2.44. The van der Waals surface area contributed by atoms with Gasteiger partial charge in [-0.25, -0.2) is 10.5 Å². The van der Waals surface area contributed by atoms with E-state index >= 15 is 0 Å². The van der Waals surface area contributed by atoms with Crippen LogP contribution in [0.4, 0.5) is 0 Å². The minimum Gasteiger partial charge on any atom is -0.265 e. The van der Waals surface area contributed by atoms with Gasteiger partial charge in [0.1, 0.15) is 0 Å². The number of pyridine rings is 1. The summed E-state index contributed by atoms with van der Waals surface area (Å²) < 4.78 is 0. The van der Waals surface area contributed by atoms with Crippen molar-refractivity contribution in [3.05, 3.63) is 71.2 Å². The van der Waals surface area contributed by atoms with E-state index in [-0.39, 0.29) is 35.5 Å². The molecule has 0 saturated carbocycles. The number of aromatic nitrogens is 1. The van der Waals surface area contributed by atoms with Gasteiger partial charge in [-0.05, 0) is 54.3 Å². The Bertz CT molecular complexity index is 1280. The van der Waals surface area contributed by atoms with E-state index in [0.717, 1.165) is 17.7 Å². The van der Waals surface area contributed by atoms with Crippen LogP contribution in [-0.4, -0.2) is 4.98 Å². The first-order chi connectivity index (χ1) is 16.7. The molecule has 0 aliphatic heterocycles. The summed E-state index contributed by atoms with van der Waals surface area (Å²) in [5.74, 6) is 0.206. The number of hydrogen-bond acceptors (Lipinski definition) is 6. The van der Waals surface area contributed by atoms with Crippen LogP contribution in [0.1, 0.15) is 55.9 Å². The van der Waals surface area contributed by atoms with E-state index in [9.17, 15) is 10.5 Å². The van der Waals surface area contributed by atoms with E-state index in [0.29, 0.717) is 0 Å². The maximum atomic E-state index is 9.39. The molecule has 4 rings (SSSR count). The Labute approximate surface area is 242 Å². The summed E-state index contributed by atoms with van der Waals surface area (Å²) >= 11 is 5.15. The molecule has 0 amide bonds. The SMILES string of the molecule is CCCCCCCCc1cc([C-](C#N)C#N)sc1-c1ccc(-c2ccc(-c3ccncc3)s2)s1.[Na+]. The van der Waals surface area contributed by atoms with E-state index < -0.39 is 0 Å². The minimum absolute atomic E-state index is 0. The van der Waals surface area contributed by atoms with E-state index in [1.165, 1.54) is 67.6 Å². The van der Waals surface area contributed by atoms with Crippen LogP contribution < -0.4 is 29.6 Å². The van der Waals surface area contributed by atoms with Gasteiger partial charge in [-0.1, -0.05) is 45.4 Å². The molecule has 0 bridgehead atoms. The predicted molar refractivity (Wildman–Crippen MR) is 145 cm³/mol. The van der Waals surface area contributed by atoms with Gasteiger partial charge in [-0.2, -0.15) is 17.4 Å². The molecule has 0 radical (unpaired) electrons. The molecule has 172 valence electrons. The molecule has 0 spiro atoms. The number of hydrogen-bond donors (Lipinski definition) is 0. The minimum atomic E-state index is 0. The van der Waals surface area contributed by atoms with E-state index in [1.807, 2.05) is 24.5 Å². The van der Waals surface area contributed by atoms with E-state index in [2.05, 4.69) is 54.4 Å². The van der Waals surface area contributed by atoms with Crippen molar-refractivity contribution < 1.29 is 29.6 Å². The van der Waals surface area contributed by atoms with E-state index in [4.69, 9.17) is 0 Å². The summed E-state index contributed by atoms with van der Waals surface area (Å²) in [6, 6.07) is 19.0. The van der Waals surface area contributed by atoms with Gasteiger partial charge in [0.25, 0.3) is 0 Å². The standard InChI is InChI=1S/C28H26N3S3.Na/c1-2-3-4-5-6-7-8-21-17-27(22(18-29)19-30)34-28(21)26-12-11-25(33-26)24-10-9-23(32-24)20-13-15-31-16-14-20;/h9-17H,2-8H2,1H3;/q-1;+1. The third-order valence-corrected chi connectivity index (χ3v) is 9.51. The molecular weight excluding hydrogens is 498 g/mol. The van der Waals surface area contributed by atoms with Gasteiger partial charge < -0.3 is 0 Å². The molecule has 0 unspecified atom stereocenters. The maximum absolute atomic E-state index is 9.39. The second-order valence-corrected chi connectivity index (χ2v) is 11.4. The maximum Gasteiger partial charge on any atom is 1.00 e. The fraction of sp³-hybridized carbons (Fsp3) is 0.286. The first kappa shape index (κ1) is 27.7. The summed E-state index contributed by atoms with van der Waals surface area (Å²) in [4.78, 5) is 11.0. The van der Waals surface area contributed by atoms with Crippen LogP contribution in [0.2, 0.25) is 0 Å². The van der Waals surface area contributed by atoms with E-state index in [1.54, 1.807) is 34.0 Å². The molecule has 0 fully saturated rings. The molecule has 0 aromatic carbocycles. The zero-order valence-electron chi connectivity index (χ0n) is 20.2. The Hall–Kier alpha value is -1.90. The van der Waals surface area contributed by atoms with Gasteiger partial charge >= 0.3 is 29.6 Å². The number of thiophene rings is 3. The molecule has 0 saturated heterocycles. The van der Waals surface area contributed by atoms with Crippen LogP contribution in [0.25, 0.3) is 29.9 Å². The summed E-state index contributed by atoms with van der Waals surface area (Å²) in [6.07, 6.45) is 12.1. The molecule has 4 aromatic rings. The smallest absolute Gasteiger partial charge is 0.265 e. The average Bonchev–Trinajstić information content (AvgIpc) is 3.62. The Kier molecular flexibility index (Phi) is 11.1. The molecule has 0 N–H and O–H groups in total. The number of nitrogens with zero attached hydrogens (tertiary/aromatic N) is 3. The summed E-state index contributed by atoms with van der Waals surface area (Å²) in [7, 11) is 0. The number of aryl methyl sites for hydroxylation is 1. The second-order valence-electron chi connectivity index (χ2n) is 8.15. The van der Waals surface area contributed by atoms with Crippen molar-refractivity contribution in [1.29, 1.82) is 10.5 Å². The first-order valence-electron chi connectivity index (χ1n) is 11.6. The number of unbranched alkanes of at least 4 members (excludes halogenated alkanes) is 5. The van der Waals surface area contributed by atoms with Gasteiger partial charge in [0.2, 0.25) is 0 Å². The molecular formula is C28H26N3NaS3. The number of nitriles is 2. The van der Waals surface area contributed by atoms with Crippen molar-refractivity contribution in [2.45, 2.75) is 51.9 Å². The van der Waals surface area contributed by atoms with Crippen molar-refractivity contribution in [3.8, 4) is 42.1 Å². The van der Waals surface area contributed by atoms with Crippen LogP contribution in [-0.2, 0) is 6.42 Å². The normalized spacial score (nSPS) is 10.4. The van der Waals surface area contributed by atoms with Crippen molar-refractivity contribution >= 4 is 34.0 Å². The monoisotopic (exact) mass is 523 g/mol. The largest absolute Gasteiger partial charge is 1.00 e. The third kappa shape index (κ3) is 7.08. The molecule has 4 heterocycles. The molecule has 0 aliphatic rings. The van der Waals surface area contributed by atoms with Crippen molar-refractivity contribution in [3.63, 3.8) is 0 Å². The Balaban J connectivity index is 0.00000342. The Morgan fingerprint density at radius 3 is 2.06 bits per heavy atom. The zero-order valence-corrected chi connectivity index (χ0v) is 24.7. The quantitative estimate of drug-likeness (QED) is 0.135. The van der Waals surface area contributed by atoms with Gasteiger partial charge in [-0.15, -0.1) is 33.1 Å². The molecule has 35 heavy (non-hydrogen) atoms. The van der Waals surface area contributed by atoms with Crippen LogP contribution in [0, 0.1) is 28.6 Å². The van der Waals surface area contributed by atoms with Gasteiger partial charge in [0, 0.05) is 48.9 Å². The second kappa shape index (κ2) is 14.0. The summed E-state index contributed by atoms with van der Waals surface area (Å²) in [6.45, 7) is 2.24. The van der Waals surface area contributed by atoms with Crippen molar-refractivity contribution in [2.75, 3.05) is 0 Å². The predicted octanol–water partition coefficient (Wildman–Crippen LogP) is 6.14. The van der Waals surface area contributed by atoms with Gasteiger partial charge in [0.05, 0.1) is 0 Å².